The first-order valence-electron chi connectivity index (χ1n) is 6.48. The fourth-order valence-electron chi connectivity index (χ4n) is 2.45. The molecule has 2 heterocycles. The maximum atomic E-state index is 5.99. The minimum atomic E-state index is 0.699. The van der Waals surface area contributed by atoms with Crippen LogP contribution in [0.4, 0.5) is 0 Å². The zero-order valence-corrected chi connectivity index (χ0v) is 12.0. The van der Waals surface area contributed by atoms with E-state index in [0.29, 0.717) is 6.04 Å². The van der Waals surface area contributed by atoms with Gasteiger partial charge in [0.05, 0.1) is 4.34 Å². The SMILES string of the molecule is CCNCC1CCCCN1Cc1ccc(Cl)s1. The summed E-state index contributed by atoms with van der Waals surface area (Å²) >= 11 is 7.70. The maximum Gasteiger partial charge on any atom is 0.0931 e. The molecule has 1 aromatic rings. The van der Waals surface area contributed by atoms with E-state index in [1.165, 1.54) is 30.7 Å². The number of thiophene rings is 1. The Labute approximate surface area is 113 Å². The summed E-state index contributed by atoms with van der Waals surface area (Å²) in [6, 6.07) is 4.86. The number of hydrogen-bond acceptors (Lipinski definition) is 3. The molecule has 0 aromatic carbocycles. The minimum Gasteiger partial charge on any atom is -0.315 e. The van der Waals surface area contributed by atoms with Crippen molar-refractivity contribution in [2.75, 3.05) is 19.6 Å². The molecule has 0 bridgehead atoms. The highest BCUT2D eigenvalue weighted by molar-refractivity contribution is 7.16. The zero-order chi connectivity index (χ0) is 12.1. The highest BCUT2D eigenvalue weighted by atomic mass is 35.5. The fraction of sp³-hybridized carbons (Fsp3) is 0.692. The topological polar surface area (TPSA) is 15.3 Å². The van der Waals surface area contributed by atoms with Gasteiger partial charge in [-0.2, -0.15) is 0 Å². The van der Waals surface area contributed by atoms with Crippen molar-refractivity contribution < 1.29 is 0 Å². The highest BCUT2D eigenvalue weighted by Gasteiger charge is 2.22. The van der Waals surface area contributed by atoms with Gasteiger partial charge in [-0.05, 0) is 38.1 Å². The molecule has 0 spiro atoms. The van der Waals surface area contributed by atoms with Gasteiger partial charge >= 0.3 is 0 Å². The van der Waals surface area contributed by atoms with Gasteiger partial charge in [-0.25, -0.2) is 0 Å². The van der Waals surface area contributed by atoms with E-state index in [1.54, 1.807) is 11.3 Å². The van der Waals surface area contributed by atoms with Gasteiger partial charge in [0, 0.05) is 24.0 Å². The van der Waals surface area contributed by atoms with Crippen molar-refractivity contribution in [3.63, 3.8) is 0 Å². The van der Waals surface area contributed by atoms with Crippen LogP contribution in [0.1, 0.15) is 31.1 Å². The average Bonchev–Trinajstić information content (AvgIpc) is 2.74. The summed E-state index contributed by atoms with van der Waals surface area (Å²) in [6.45, 7) is 6.65. The standard InChI is InChI=1S/C13H21ClN2S/c1-2-15-9-11-5-3-4-8-16(11)10-12-6-7-13(14)17-12/h6-7,11,15H,2-5,8-10H2,1H3. The number of halogens is 1. The molecule has 0 aliphatic carbocycles. The molecule has 0 saturated carbocycles. The third-order valence-corrected chi connectivity index (χ3v) is 4.58. The molecule has 2 nitrogen and oxygen atoms in total. The Balaban J connectivity index is 1.91. The lowest BCUT2D eigenvalue weighted by Gasteiger charge is -2.35. The summed E-state index contributed by atoms with van der Waals surface area (Å²) in [7, 11) is 0. The number of likely N-dealkylation sites (tertiary alicyclic amines) is 1. The Kier molecular flexibility index (Phi) is 5.29. The molecule has 17 heavy (non-hydrogen) atoms. The van der Waals surface area contributed by atoms with Crippen LogP contribution in [0.15, 0.2) is 12.1 Å². The smallest absolute Gasteiger partial charge is 0.0931 e. The van der Waals surface area contributed by atoms with Crippen LogP contribution in [0.5, 0.6) is 0 Å². The van der Waals surface area contributed by atoms with Crippen LogP contribution in [-0.2, 0) is 6.54 Å². The summed E-state index contributed by atoms with van der Waals surface area (Å²) in [5.74, 6) is 0. The van der Waals surface area contributed by atoms with Crippen LogP contribution in [0.2, 0.25) is 4.34 Å². The summed E-state index contributed by atoms with van der Waals surface area (Å²) in [5.41, 5.74) is 0. The van der Waals surface area contributed by atoms with E-state index in [0.717, 1.165) is 24.0 Å². The molecule has 1 aliphatic heterocycles. The van der Waals surface area contributed by atoms with Gasteiger partial charge in [0.2, 0.25) is 0 Å². The van der Waals surface area contributed by atoms with Gasteiger partial charge in [-0.1, -0.05) is 24.9 Å². The molecule has 0 amide bonds. The van der Waals surface area contributed by atoms with Crippen LogP contribution < -0.4 is 5.32 Å². The number of nitrogens with one attached hydrogen (secondary N) is 1. The Hall–Kier alpha value is -0.0900. The Bertz CT molecular complexity index is 340. The second-order valence-corrected chi connectivity index (χ2v) is 6.43. The van der Waals surface area contributed by atoms with Crippen LogP contribution in [-0.4, -0.2) is 30.6 Å². The zero-order valence-electron chi connectivity index (χ0n) is 10.4. The largest absolute Gasteiger partial charge is 0.315 e. The van der Waals surface area contributed by atoms with Crippen molar-refractivity contribution in [2.45, 2.75) is 38.8 Å². The predicted molar refractivity (Wildman–Crippen MR) is 75.9 cm³/mol. The number of rotatable bonds is 5. The lowest BCUT2D eigenvalue weighted by atomic mass is 10.0. The van der Waals surface area contributed by atoms with Crippen molar-refractivity contribution in [3.05, 3.63) is 21.3 Å². The van der Waals surface area contributed by atoms with Crippen molar-refractivity contribution in [2.24, 2.45) is 0 Å². The third kappa shape index (κ3) is 3.95. The molecule has 1 saturated heterocycles. The van der Waals surface area contributed by atoms with Crippen LogP contribution >= 0.6 is 22.9 Å². The lowest BCUT2D eigenvalue weighted by Crippen LogP contribution is -2.44. The number of nitrogens with zero attached hydrogens (tertiary/aromatic N) is 1. The molecule has 1 aliphatic rings. The molecule has 1 fully saturated rings. The third-order valence-electron chi connectivity index (χ3n) is 3.37. The molecule has 96 valence electrons. The van der Waals surface area contributed by atoms with E-state index < -0.39 is 0 Å². The minimum absolute atomic E-state index is 0.699. The molecule has 2 rings (SSSR count). The maximum absolute atomic E-state index is 5.99. The van der Waals surface area contributed by atoms with E-state index in [4.69, 9.17) is 11.6 Å². The van der Waals surface area contributed by atoms with E-state index >= 15 is 0 Å². The fourth-order valence-corrected chi connectivity index (χ4v) is 3.56. The van der Waals surface area contributed by atoms with Crippen LogP contribution in [0, 0.1) is 0 Å². The first-order chi connectivity index (χ1) is 8.29. The first kappa shape index (κ1) is 13.3. The van der Waals surface area contributed by atoms with Gasteiger partial charge in [-0.15, -0.1) is 11.3 Å². The number of hydrogen-bond donors (Lipinski definition) is 1. The summed E-state index contributed by atoms with van der Waals surface area (Å²) < 4.78 is 0.903. The predicted octanol–water partition coefficient (Wildman–Crippen LogP) is 3.37. The molecule has 4 heteroatoms. The average molecular weight is 273 g/mol. The second kappa shape index (κ2) is 6.74. The van der Waals surface area contributed by atoms with E-state index in [1.807, 2.05) is 6.07 Å². The van der Waals surface area contributed by atoms with E-state index in [2.05, 4.69) is 23.2 Å². The first-order valence-corrected chi connectivity index (χ1v) is 7.68. The highest BCUT2D eigenvalue weighted by Crippen LogP contribution is 2.25. The summed E-state index contributed by atoms with van der Waals surface area (Å²) in [4.78, 5) is 3.99. The van der Waals surface area contributed by atoms with Gasteiger partial charge < -0.3 is 5.32 Å². The number of piperidine rings is 1. The molecule has 1 aromatic heterocycles. The van der Waals surface area contributed by atoms with Gasteiger partial charge in [0.1, 0.15) is 0 Å². The molecule has 1 N–H and O–H groups in total. The van der Waals surface area contributed by atoms with Crippen LogP contribution in [0.3, 0.4) is 0 Å². The van der Waals surface area contributed by atoms with Gasteiger partial charge in [0.15, 0.2) is 0 Å². The molecular formula is C13H21ClN2S. The summed E-state index contributed by atoms with van der Waals surface area (Å²) in [6.07, 6.45) is 4.03. The van der Waals surface area contributed by atoms with Crippen molar-refractivity contribution >= 4 is 22.9 Å². The summed E-state index contributed by atoms with van der Waals surface area (Å²) in [5, 5.41) is 3.47. The number of likely N-dealkylation sites (N-methyl/N-ethyl adjacent to an activating group) is 1. The quantitative estimate of drug-likeness (QED) is 0.884. The molecular weight excluding hydrogens is 252 g/mol. The van der Waals surface area contributed by atoms with E-state index in [9.17, 15) is 0 Å². The van der Waals surface area contributed by atoms with Gasteiger partial charge in [-0.3, -0.25) is 4.90 Å². The van der Waals surface area contributed by atoms with Crippen molar-refractivity contribution in [1.29, 1.82) is 0 Å². The van der Waals surface area contributed by atoms with E-state index in [-0.39, 0.29) is 0 Å². The lowest BCUT2D eigenvalue weighted by molar-refractivity contribution is 0.139. The normalized spacial score (nSPS) is 21.9. The molecule has 0 radical (unpaired) electrons. The molecule has 1 atom stereocenters. The van der Waals surface area contributed by atoms with Gasteiger partial charge in [0.25, 0.3) is 0 Å². The Morgan fingerprint density at radius 3 is 3.06 bits per heavy atom. The van der Waals surface area contributed by atoms with Crippen LogP contribution in [0.25, 0.3) is 0 Å². The monoisotopic (exact) mass is 272 g/mol. The van der Waals surface area contributed by atoms with Crippen molar-refractivity contribution in [1.82, 2.24) is 10.2 Å². The van der Waals surface area contributed by atoms with Crippen molar-refractivity contribution in [3.8, 4) is 0 Å². The second-order valence-electron chi connectivity index (χ2n) is 4.63. The Morgan fingerprint density at radius 1 is 1.47 bits per heavy atom. The Morgan fingerprint density at radius 2 is 2.35 bits per heavy atom. The molecule has 1 unspecified atom stereocenters.